The molecule has 0 aliphatic rings. The van der Waals surface area contributed by atoms with Crippen LogP contribution in [0.15, 0.2) is 27.1 Å². The fourth-order valence-corrected chi connectivity index (χ4v) is 2.44. The Kier molecular flexibility index (Phi) is 8.86. The van der Waals surface area contributed by atoms with E-state index >= 15 is 0 Å². The molecule has 1 amide bonds. The molecule has 3 nitrogen and oxygen atoms in total. The first-order chi connectivity index (χ1) is 7.65. The molecule has 1 rings (SSSR count). The lowest BCUT2D eigenvalue weighted by Crippen LogP contribution is -2.31. The van der Waals surface area contributed by atoms with E-state index in [-0.39, 0.29) is 18.3 Å². The third-order valence-electron chi connectivity index (χ3n) is 2.01. The third-order valence-corrected chi connectivity index (χ3v) is 3.16. The Morgan fingerprint density at radius 1 is 1.29 bits per heavy atom. The minimum absolute atomic E-state index is 0. The second kappa shape index (κ2) is 8.91. The van der Waals surface area contributed by atoms with E-state index in [2.05, 4.69) is 42.5 Å². The summed E-state index contributed by atoms with van der Waals surface area (Å²) in [6, 6.07) is 5.50. The zero-order chi connectivity index (χ0) is 12.0. The standard InChI is InChI=1S/C11H14Br2N2O.ClH/c1-2-14-5-6-15-11(16)9-4-3-8(12)7-10(9)13;/h3-4,7,14H,2,5-6H2,1H3,(H,15,16);1H. The Bertz CT molecular complexity index is 374. The molecule has 1 aromatic rings. The zero-order valence-electron chi connectivity index (χ0n) is 9.43. The highest BCUT2D eigenvalue weighted by atomic mass is 79.9. The van der Waals surface area contributed by atoms with Gasteiger partial charge in [-0.15, -0.1) is 12.4 Å². The molecule has 17 heavy (non-hydrogen) atoms. The lowest BCUT2D eigenvalue weighted by Gasteiger charge is -2.07. The highest BCUT2D eigenvalue weighted by Crippen LogP contribution is 2.21. The number of likely N-dealkylation sites (N-methyl/N-ethyl adjacent to an activating group) is 1. The van der Waals surface area contributed by atoms with Crippen LogP contribution in [0.4, 0.5) is 0 Å². The van der Waals surface area contributed by atoms with E-state index in [9.17, 15) is 4.79 Å². The molecule has 0 aromatic heterocycles. The molecular weight excluding hydrogens is 371 g/mol. The minimum Gasteiger partial charge on any atom is -0.351 e. The molecule has 0 saturated heterocycles. The number of halogens is 3. The molecule has 96 valence electrons. The third kappa shape index (κ3) is 5.86. The maximum Gasteiger partial charge on any atom is 0.252 e. The molecule has 0 bridgehead atoms. The lowest BCUT2D eigenvalue weighted by molar-refractivity contribution is 0.0953. The van der Waals surface area contributed by atoms with Gasteiger partial charge < -0.3 is 10.6 Å². The average molecular weight is 387 g/mol. The number of hydrogen-bond donors (Lipinski definition) is 2. The number of carbonyl (C=O) groups excluding carboxylic acids is 1. The Morgan fingerprint density at radius 2 is 2.00 bits per heavy atom. The van der Waals surface area contributed by atoms with Crippen molar-refractivity contribution in [3.8, 4) is 0 Å². The van der Waals surface area contributed by atoms with Crippen LogP contribution in [0, 0.1) is 0 Å². The summed E-state index contributed by atoms with van der Waals surface area (Å²) in [6.45, 7) is 4.37. The van der Waals surface area contributed by atoms with Gasteiger partial charge in [-0.1, -0.05) is 22.9 Å². The first kappa shape index (κ1) is 16.9. The summed E-state index contributed by atoms with van der Waals surface area (Å²) in [6.07, 6.45) is 0. The largest absolute Gasteiger partial charge is 0.351 e. The SMILES string of the molecule is CCNCCNC(=O)c1ccc(Br)cc1Br.Cl. The predicted molar refractivity (Wildman–Crippen MR) is 80.0 cm³/mol. The van der Waals surface area contributed by atoms with Gasteiger partial charge in [0, 0.05) is 22.0 Å². The van der Waals surface area contributed by atoms with Crippen molar-refractivity contribution in [2.45, 2.75) is 6.92 Å². The van der Waals surface area contributed by atoms with Crippen molar-refractivity contribution >= 4 is 50.2 Å². The number of amides is 1. The summed E-state index contributed by atoms with van der Waals surface area (Å²) < 4.78 is 1.74. The van der Waals surface area contributed by atoms with E-state index in [1.807, 2.05) is 19.1 Å². The van der Waals surface area contributed by atoms with Crippen molar-refractivity contribution in [1.29, 1.82) is 0 Å². The highest BCUT2D eigenvalue weighted by Gasteiger charge is 2.08. The predicted octanol–water partition coefficient (Wildman–Crippen LogP) is 2.97. The Balaban J connectivity index is 0.00000256. The van der Waals surface area contributed by atoms with Gasteiger partial charge in [0.25, 0.3) is 5.91 Å². The second-order valence-corrected chi connectivity index (χ2v) is 5.00. The molecule has 0 unspecified atom stereocenters. The summed E-state index contributed by atoms with van der Waals surface area (Å²) in [5.41, 5.74) is 0.652. The molecule has 0 spiro atoms. The smallest absolute Gasteiger partial charge is 0.252 e. The van der Waals surface area contributed by atoms with E-state index in [0.717, 1.165) is 22.0 Å². The van der Waals surface area contributed by atoms with Crippen molar-refractivity contribution < 1.29 is 4.79 Å². The van der Waals surface area contributed by atoms with Crippen LogP contribution in [0.1, 0.15) is 17.3 Å². The number of rotatable bonds is 5. The summed E-state index contributed by atoms with van der Waals surface area (Å²) >= 11 is 6.71. The molecule has 0 aliphatic carbocycles. The van der Waals surface area contributed by atoms with E-state index < -0.39 is 0 Å². The molecule has 6 heteroatoms. The molecule has 0 heterocycles. The van der Waals surface area contributed by atoms with Crippen molar-refractivity contribution in [1.82, 2.24) is 10.6 Å². The van der Waals surface area contributed by atoms with Crippen molar-refractivity contribution in [3.05, 3.63) is 32.7 Å². The Labute approximate surface area is 124 Å². The van der Waals surface area contributed by atoms with Crippen molar-refractivity contribution in [2.75, 3.05) is 19.6 Å². The fraction of sp³-hybridized carbons (Fsp3) is 0.364. The molecule has 0 fully saturated rings. The van der Waals surface area contributed by atoms with Gasteiger partial charge in [0.05, 0.1) is 5.56 Å². The molecular formula is C11H15Br2ClN2O. The van der Waals surface area contributed by atoms with Crippen LogP contribution >= 0.6 is 44.3 Å². The van der Waals surface area contributed by atoms with Gasteiger partial charge in [-0.2, -0.15) is 0 Å². The summed E-state index contributed by atoms with van der Waals surface area (Å²) in [7, 11) is 0. The van der Waals surface area contributed by atoms with Crippen LogP contribution in [-0.2, 0) is 0 Å². The fourth-order valence-electron chi connectivity index (χ4n) is 1.21. The maximum absolute atomic E-state index is 11.8. The van der Waals surface area contributed by atoms with Gasteiger partial charge in [0.1, 0.15) is 0 Å². The first-order valence-electron chi connectivity index (χ1n) is 5.09. The number of benzene rings is 1. The molecule has 0 saturated carbocycles. The van der Waals surface area contributed by atoms with Crippen LogP contribution < -0.4 is 10.6 Å². The van der Waals surface area contributed by atoms with E-state index in [0.29, 0.717) is 12.1 Å². The molecule has 0 radical (unpaired) electrons. The van der Waals surface area contributed by atoms with Crippen LogP contribution in [0.5, 0.6) is 0 Å². The summed E-state index contributed by atoms with van der Waals surface area (Å²) in [5, 5.41) is 5.99. The normalized spacial score (nSPS) is 9.59. The van der Waals surface area contributed by atoms with Gasteiger partial charge >= 0.3 is 0 Å². The summed E-state index contributed by atoms with van der Waals surface area (Å²) in [4.78, 5) is 11.8. The highest BCUT2D eigenvalue weighted by molar-refractivity contribution is 9.11. The van der Waals surface area contributed by atoms with E-state index in [1.165, 1.54) is 0 Å². The Hall–Kier alpha value is -0.100. The van der Waals surface area contributed by atoms with Gasteiger partial charge in [-0.05, 0) is 40.7 Å². The topological polar surface area (TPSA) is 41.1 Å². The van der Waals surface area contributed by atoms with Crippen LogP contribution in [0.25, 0.3) is 0 Å². The van der Waals surface area contributed by atoms with Gasteiger partial charge in [0.15, 0.2) is 0 Å². The quantitative estimate of drug-likeness (QED) is 0.764. The van der Waals surface area contributed by atoms with Crippen LogP contribution in [0.3, 0.4) is 0 Å². The molecule has 0 aliphatic heterocycles. The molecule has 0 atom stereocenters. The van der Waals surface area contributed by atoms with Crippen molar-refractivity contribution in [2.24, 2.45) is 0 Å². The zero-order valence-corrected chi connectivity index (χ0v) is 13.4. The average Bonchev–Trinajstić information content (AvgIpc) is 2.24. The Morgan fingerprint density at radius 3 is 2.59 bits per heavy atom. The minimum atomic E-state index is -0.0581. The van der Waals surface area contributed by atoms with Crippen molar-refractivity contribution in [3.63, 3.8) is 0 Å². The maximum atomic E-state index is 11.8. The van der Waals surface area contributed by atoms with E-state index in [1.54, 1.807) is 6.07 Å². The van der Waals surface area contributed by atoms with Gasteiger partial charge in [-0.3, -0.25) is 4.79 Å². The van der Waals surface area contributed by atoms with Gasteiger partial charge in [-0.25, -0.2) is 0 Å². The van der Waals surface area contributed by atoms with Crippen LogP contribution in [-0.4, -0.2) is 25.5 Å². The molecule has 1 aromatic carbocycles. The van der Waals surface area contributed by atoms with Gasteiger partial charge in [0.2, 0.25) is 0 Å². The monoisotopic (exact) mass is 384 g/mol. The van der Waals surface area contributed by atoms with E-state index in [4.69, 9.17) is 0 Å². The summed E-state index contributed by atoms with van der Waals surface area (Å²) in [5.74, 6) is -0.0581. The second-order valence-electron chi connectivity index (χ2n) is 3.23. The first-order valence-corrected chi connectivity index (χ1v) is 6.67. The number of nitrogens with one attached hydrogen (secondary N) is 2. The van der Waals surface area contributed by atoms with Crippen LogP contribution in [0.2, 0.25) is 0 Å². The molecule has 2 N–H and O–H groups in total. The number of hydrogen-bond acceptors (Lipinski definition) is 2. The number of carbonyl (C=O) groups is 1. The lowest BCUT2D eigenvalue weighted by atomic mass is 10.2.